The van der Waals surface area contributed by atoms with Crippen LogP contribution in [0, 0.1) is 13.8 Å². The fourth-order valence-electron chi connectivity index (χ4n) is 3.91. The zero-order valence-corrected chi connectivity index (χ0v) is 20.6. The van der Waals surface area contributed by atoms with Gasteiger partial charge in [0.15, 0.2) is 6.61 Å². The second kappa shape index (κ2) is 14.3. The van der Waals surface area contributed by atoms with Crippen LogP contribution >= 0.6 is 0 Å². The fraction of sp³-hybridized carbons (Fsp3) is 0.519. The fourth-order valence-corrected chi connectivity index (χ4v) is 3.91. The SMILES string of the molecule is CCCN(CCC)C(=O)CO/N=C1/C=C/CC/C=C/CCOC(=O)c2c(C)cc(C)cc2C1. The van der Waals surface area contributed by atoms with E-state index in [0.717, 1.165) is 42.4 Å². The van der Waals surface area contributed by atoms with Gasteiger partial charge in [0.25, 0.3) is 5.91 Å². The normalized spacial score (nSPS) is 18.1. The van der Waals surface area contributed by atoms with E-state index in [2.05, 4.69) is 31.2 Å². The van der Waals surface area contributed by atoms with Crippen molar-refractivity contribution in [2.24, 2.45) is 5.16 Å². The Morgan fingerprint density at radius 2 is 1.76 bits per heavy atom. The first-order valence-corrected chi connectivity index (χ1v) is 12.0. The minimum atomic E-state index is -0.317. The lowest BCUT2D eigenvalue weighted by atomic mass is 9.95. The number of ether oxygens (including phenoxy) is 1. The summed E-state index contributed by atoms with van der Waals surface area (Å²) in [6.45, 7) is 9.73. The van der Waals surface area contributed by atoms with Gasteiger partial charge in [-0.3, -0.25) is 4.79 Å². The van der Waals surface area contributed by atoms with Crippen LogP contribution in [-0.4, -0.2) is 48.8 Å². The molecule has 0 radical (unpaired) electrons. The number of hydrogen-bond donors (Lipinski definition) is 0. The Labute approximate surface area is 198 Å². The maximum atomic E-state index is 12.8. The molecule has 0 N–H and O–H groups in total. The second-order valence-electron chi connectivity index (χ2n) is 8.41. The summed E-state index contributed by atoms with van der Waals surface area (Å²) in [5, 5.41) is 4.29. The molecule has 1 aromatic carbocycles. The molecule has 0 aliphatic carbocycles. The summed E-state index contributed by atoms with van der Waals surface area (Å²) in [5.74, 6) is -0.379. The Bertz CT molecular complexity index is 880. The molecule has 33 heavy (non-hydrogen) atoms. The molecular weight excluding hydrogens is 416 g/mol. The number of esters is 1. The van der Waals surface area contributed by atoms with Crippen molar-refractivity contribution in [3.05, 3.63) is 58.7 Å². The lowest BCUT2D eigenvalue weighted by molar-refractivity contribution is -0.136. The van der Waals surface area contributed by atoms with Crippen molar-refractivity contribution in [3.8, 4) is 0 Å². The van der Waals surface area contributed by atoms with Crippen LogP contribution in [-0.2, 0) is 20.8 Å². The summed E-state index contributed by atoms with van der Waals surface area (Å²) in [6, 6.07) is 3.98. The first-order valence-electron chi connectivity index (χ1n) is 12.0. The number of amides is 1. The van der Waals surface area contributed by atoms with E-state index in [4.69, 9.17) is 9.57 Å². The second-order valence-corrected chi connectivity index (χ2v) is 8.41. The van der Waals surface area contributed by atoms with E-state index < -0.39 is 0 Å². The number of hydrogen-bond acceptors (Lipinski definition) is 5. The van der Waals surface area contributed by atoms with Crippen molar-refractivity contribution in [2.45, 2.75) is 66.2 Å². The molecule has 6 nitrogen and oxygen atoms in total. The number of nitrogens with zero attached hydrogens (tertiary/aromatic N) is 2. The Kier molecular flexibility index (Phi) is 11.4. The number of cyclic esters (lactones) is 1. The summed E-state index contributed by atoms with van der Waals surface area (Å²) in [4.78, 5) is 32.7. The van der Waals surface area contributed by atoms with Crippen molar-refractivity contribution in [2.75, 3.05) is 26.3 Å². The largest absolute Gasteiger partial charge is 0.462 e. The van der Waals surface area contributed by atoms with Crippen LogP contribution in [0.3, 0.4) is 0 Å². The molecule has 0 bridgehead atoms. The molecular formula is C27H38N2O4. The summed E-state index contributed by atoms with van der Waals surface area (Å²) >= 11 is 0. The predicted octanol–water partition coefficient (Wildman–Crippen LogP) is 5.32. The minimum absolute atomic E-state index is 0.0614. The van der Waals surface area contributed by atoms with Gasteiger partial charge in [-0.05, 0) is 63.2 Å². The molecule has 1 aromatic rings. The highest BCUT2D eigenvalue weighted by molar-refractivity contribution is 6.00. The third-order valence-electron chi connectivity index (χ3n) is 5.34. The maximum Gasteiger partial charge on any atom is 0.338 e. The number of fused-ring (bicyclic) bond motifs is 1. The first-order chi connectivity index (χ1) is 16.0. The molecule has 0 atom stereocenters. The third kappa shape index (κ3) is 8.87. The molecule has 180 valence electrons. The number of oxime groups is 1. The van der Waals surface area contributed by atoms with Crippen molar-refractivity contribution in [1.82, 2.24) is 4.90 Å². The van der Waals surface area contributed by atoms with Crippen LogP contribution in [0.5, 0.6) is 0 Å². The number of carbonyl (C=O) groups is 2. The lowest BCUT2D eigenvalue weighted by Gasteiger charge is -2.20. The highest BCUT2D eigenvalue weighted by atomic mass is 16.6. The van der Waals surface area contributed by atoms with Gasteiger partial charge < -0.3 is 14.5 Å². The van der Waals surface area contributed by atoms with Gasteiger partial charge in [0.2, 0.25) is 0 Å². The van der Waals surface area contributed by atoms with Gasteiger partial charge in [-0.15, -0.1) is 0 Å². The van der Waals surface area contributed by atoms with Crippen LogP contribution in [0.4, 0.5) is 0 Å². The van der Waals surface area contributed by atoms with E-state index >= 15 is 0 Å². The van der Waals surface area contributed by atoms with E-state index in [1.165, 1.54) is 0 Å². The zero-order chi connectivity index (χ0) is 24.1. The van der Waals surface area contributed by atoms with Crippen LogP contribution < -0.4 is 0 Å². The van der Waals surface area contributed by atoms with Gasteiger partial charge in [-0.2, -0.15) is 0 Å². The molecule has 1 amide bonds. The highest BCUT2D eigenvalue weighted by Gasteiger charge is 2.18. The van der Waals surface area contributed by atoms with E-state index in [9.17, 15) is 9.59 Å². The van der Waals surface area contributed by atoms with Gasteiger partial charge in [0, 0.05) is 19.5 Å². The van der Waals surface area contributed by atoms with Crippen molar-refractivity contribution in [3.63, 3.8) is 0 Å². The van der Waals surface area contributed by atoms with Crippen LogP contribution in [0.15, 0.2) is 41.6 Å². The Balaban J connectivity index is 2.27. The molecule has 1 aliphatic rings. The van der Waals surface area contributed by atoms with Crippen LogP contribution in [0.2, 0.25) is 0 Å². The predicted molar refractivity (Wildman–Crippen MR) is 133 cm³/mol. The van der Waals surface area contributed by atoms with Gasteiger partial charge >= 0.3 is 5.97 Å². The average molecular weight is 455 g/mol. The number of allylic oxidation sites excluding steroid dienone is 3. The molecule has 0 spiro atoms. The molecule has 1 aliphatic heterocycles. The van der Waals surface area contributed by atoms with Gasteiger partial charge in [-0.25, -0.2) is 4.79 Å². The Morgan fingerprint density at radius 1 is 1.06 bits per heavy atom. The van der Waals surface area contributed by atoms with E-state index in [0.29, 0.717) is 43.8 Å². The van der Waals surface area contributed by atoms with E-state index in [1.807, 2.05) is 43.0 Å². The Hall–Kier alpha value is -2.89. The molecule has 0 fully saturated rings. The number of carbonyl (C=O) groups excluding carboxylic acids is 2. The highest BCUT2D eigenvalue weighted by Crippen LogP contribution is 2.20. The molecule has 2 rings (SSSR count). The summed E-state index contributed by atoms with van der Waals surface area (Å²) in [7, 11) is 0. The molecule has 0 aromatic heterocycles. The van der Waals surface area contributed by atoms with Gasteiger partial charge in [-0.1, -0.05) is 54.9 Å². The maximum absolute atomic E-state index is 12.8. The number of aryl methyl sites for hydroxylation is 2. The zero-order valence-electron chi connectivity index (χ0n) is 20.6. The summed E-state index contributed by atoms with van der Waals surface area (Å²) < 4.78 is 5.52. The van der Waals surface area contributed by atoms with Crippen molar-refractivity contribution >= 4 is 17.6 Å². The van der Waals surface area contributed by atoms with Crippen molar-refractivity contribution in [1.29, 1.82) is 0 Å². The van der Waals surface area contributed by atoms with E-state index in [1.54, 1.807) is 0 Å². The molecule has 0 saturated heterocycles. The number of rotatable bonds is 7. The van der Waals surface area contributed by atoms with Gasteiger partial charge in [0.05, 0.1) is 17.9 Å². The third-order valence-corrected chi connectivity index (χ3v) is 5.34. The smallest absolute Gasteiger partial charge is 0.338 e. The van der Waals surface area contributed by atoms with Crippen LogP contribution in [0.25, 0.3) is 0 Å². The van der Waals surface area contributed by atoms with Gasteiger partial charge in [0.1, 0.15) is 0 Å². The molecule has 1 heterocycles. The monoisotopic (exact) mass is 454 g/mol. The summed E-state index contributed by atoms with van der Waals surface area (Å²) in [5.41, 5.74) is 4.04. The molecule has 0 unspecified atom stereocenters. The average Bonchev–Trinajstić information content (AvgIpc) is 2.76. The first kappa shape index (κ1) is 26.4. The summed E-state index contributed by atoms with van der Waals surface area (Å²) in [6.07, 6.45) is 12.8. The molecule has 6 heteroatoms. The lowest BCUT2D eigenvalue weighted by Crippen LogP contribution is -2.35. The Morgan fingerprint density at radius 3 is 2.48 bits per heavy atom. The van der Waals surface area contributed by atoms with Crippen molar-refractivity contribution < 1.29 is 19.2 Å². The van der Waals surface area contributed by atoms with Crippen LogP contribution in [0.1, 0.15) is 73.0 Å². The quantitative estimate of drug-likeness (QED) is 0.318. The topological polar surface area (TPSA) is 68.2 Å². The van der Waals surface area contributed by atoms with E-state index in [-0.39, 0.29) is 18.5 Å². The number of benzene rings is 1. The standard InChI is InChI=1S/C27H38N2O4/c1-5-14-29(15-6-2)25(30)20-33-28-24-13-11-9-7-8-10-12-16-32-27(31)26-22(4)17-21(3)18-23(26)19-24/h8,10-11,13,17-18H,5-7,9,12,14-16,19-20H2,1-4H3/b10-8+,13-11+,28-24-. The minimum Gasteiger partial charge on any atom is -0.462 e. The molecule has 0 saturated carbocycles.